The summed E-state index contributed by atoms with van der Waals surface area (Å²) in [7, 11) is 0. The quantitative estimate of drug-likeness (QED) is 0.140. The molecule has 0 aromatic heterocycles. The topological polar surface area (TPSA) is 221 Å². The first-order valence-electron chi connectivity index (χ1n) is 17.2. The van der Waals surface area contributed by atoms with E-state index in [-0.39, 0.29) is 106 Å². The number of carbonyl (C=O) groups is 5. The van der Waals surface area contributed by atoms with E-state index in [0.717, 1.165) is 11.8 Å². The van der Waals surface area contributed by atoms with Crippen molar-refractivity contribution in [2.75, 3.05) is 52.5 Å². The van der Waals surface area contributed by atoms with Crippen LogP contribution in [0.2, 0.25) is 0 Å². The number of nitro benzene ring substituents is 2. The van der Waals surface area contributed by atoms with E-state index in [1.165, 1.54) is 53.4 Å². The van der Waals surface area contributed by atoms with Crippen molar-refractivity contribution in [3.05, 3.63) is 116 Å². The summed E-state index contributed by atoms with van der Waals surface area (Å²) in [5.41, 5.74) is 1.41. The number of hydrogen-bond donors (Lipinski definition) is 1. The summed E-state index contributed by atoms with van der Waals surface area (Å²) in [5, 5.41) is 23.6. The fourth-order valence-electron chi connectivity index (χ4n) is 5.83. The van der Waals surface area contributed by atoms with Crippen LogP contribution in [0.4, 0.5) is 21.0 Å². The maximum absolute atomic E-state index is 13.9. The predicted octanol–water partition coefficient (Wildman–Crippen LogP) is 3.77. The molecule has 55 heavy (non-hydrogen) atoms. The van der Waals surface area contributed by atoms with E-state index in [4.69, 9.17) is 14.2 Å². The molecular weight excluding hydrogens is 740 g/mol. The van der Waals surface area contributed by atoms with Crippen molar-refractivity contribution in [1.82, 2.24) is 20.0 Å². The van der Waals surface area contributed by atoms with Crippen LogP contribution in [-0.2, 0) is 37.0 Å². The molecule has 2 atom stereocenters. The summed E-state index contributed by atoms with van der Waals surface area (Å²) < 4.78 is 16.0. The first-order valence-corrected chi connectivity index (χ1v) is 18.1. The lowest BCUT2D eigenvalue weighted by Gasteiger charge is -2.37. The molecule has 2 heterocycles. The highest BCUT2D eigenvalue weighted by Crippen LogP contribution is 2.32. The zero-order valence-electron chi connectivity index (χ0n) is 29.5. The van der Waals surface area contributed by atoms with Gasteiger partial charge >= 0.3 is 12.2 Å². The number of benzene rings is 3. The number of thioether (sulfide) groups is 1. The molecule has 0 aliphatic carbocycles. The van der Waals surface area contributed by atoms with Gasteiger partial charge in [-0.3, -0.25) is 39.5 Å². The second-order valence-corrected chi connectivity index (χ2v) is 13.7. The molecule has 18 nitrogen and oxygen atoms in total. The van der Waals surface area contributed by atoms with E-state index in [9.17, 15) is 44.2 Å². The minimum atomic E-state index is -0.913. The van der Waals surface area contributed by atoms with Gasteiger partial charge in [0.1, 0.15) is 25.9 Å². The van der Waals surface area contributed by atoms with Crippen molar-refractivity contribution in [3.63, 3.8) is 0 Å². The second-order valence-electron chi connectivity index (χ2n) is 12.5. The minimum absolute atomic E-state index is 0.0284. The molecule has 0 unspecified atom stereocenters. The van der Waals surface area contributed by atoms with Gasteiger partial charge in [-0.15, -0.1) is 0 Å². The largest absolute Gasteiger partial charge is 0.445 e. The summed E-state index contributed by atoms with van der Waals surface area (Å²) in [6.07, 6.45) is -1.27. The Morgan fingerprint density at radius 1 is 0.764 bits per heavy atom. The molecule has 1 N–H and O–H groups in total. The first kappa shape index (κ1) is 40.1. The predicted molar refractivity (Wildman–Crippen MR) is 196 cm³/mol. The average molecular weight is 779 g/mol. The second kappa shape index (κ2) is 19.3. The highest BCUT2D eigenvalue weighted by atomic mass is 32.2. The smallest absolute Gasteiger partial charge is 0.410 e. The maximum Gasteiger partial charge on any atom is 0.410 e. The van der Waals surface area contributed by atoms with Gasteiger partial charge in [0.15, 0.2) is 0 Å². The molecule has 4 amide bonds. The Kier molecular flexibility index (Phi) is 14.1. The third kappa shape index (κ3) is 11.5. The molecule has 0 saturated carbocycles. The van der Waals surface area contributed by atoms with Gasteiger partial charge in [-0.05, 0) is 41.8 Å². The molecule has 19 heteroatoms. The monoisotopic (exact) mass is 778 g/mol. The van der Waals surface area contributed by atoms with Gasteiger partial charge < -0.3 is 29.3 Å². The molecule has 0 spiro atoms. The lowest BCUT2D eigenvalue weighted by molar-refractivity contribution is -0.385. The fourth-order valence-corrected chi connectivity index (χ4v) is 6.92. The van der Waals surface area contributed by atoms with Crippen LogP contribution in [0.15, 0.2) is 78.9 Å². The van der Waals surface area contributed by atoms with E-state index in [0.29, 0.717) is 16.7 Å². The molecule has 2 fully saturated rings. The number of hydrogen-bond acceptors (Lipinski definition) is 13. The van der Waals surface area contributed by atoms with Gasteiger partial charge in [-0.2, -0.15) is 0 Å². The minimum Gasteiger partial charge on any atom is -0.445 e. The fraction of sp³-hybridized carbons (Fsp3) is 0.361. The molecule has 3 aromatic rings. The zero-order valence-corrected chi connectivity index (χ0v) is 30.3. The van der Waals surface area contributed by atoms with Crippen molar-refractivity contribution in [2.45, 2.75) is 30.9 Å². The van der Waals surface area contributed by atoms with Gasteiger partial charge in [0, 0.05) is 74.3 Å². The highest BCUT2D eigenvalue weighted by Gasteiger charge is 2.44. The molecular formula is C36H38N6O12S. The summed E-state index contributed by atoms with van der Waals surface area (Å²) in [5.74, 6) is -0.640. The van der Waals surface area contributed by atoms with E-state index in [2.05, 4.69) is 5.32 Å². The van der Waals surface area contributed by atoms with Crippen LogP contribution in [0.1, 0.15) is 27.9 Å². The number of alkyl carbamates (subject to hydrolysis) is 1. The Morgan fingerprint density at radius 3 is 1.91 bits per heavy atom. The number of nitrogens with one attached hydrogen (secondary N) is 1. The van der Waals surface area contributed by atoms with Crippen LogP contribution in [0, 0.1) is 20.2 Å². The Morgan fingerprint density at radius 2 is 1.33 bits per heavy atom. The van der Waals surface area contributed by atoms with Crippen LogP contribution in [0.5, 0.6) is 0 Å². The van der Waals surface area contributed by atoms with Crippen LogP contribution in [0.3, 0.4) is 0 Å². The van der Waals surface area contributed by atoms with Crippen molar-refractivity contribution in [1.29, 1.82) is 0 Å². The van der Waals surface area contributed by atoms with E-state index >= 15 is 0 Å². The van der Waals surface area contributed by atoms with Crippen LogP contribution in [-0.4, -0.2) is 117 Å². The van der Waals surface area contributed by atoms with Crippen LogP contribution >= 0.6 is 11.8 Å². The number of likely N-dealkylation sites (tertiary alicyclic amines) is 1. The molecule has 0 radical (unpaired) electrons. The van der Waals surface area contributed by atoms with Gasteiger partial charge in [-0.25, -0.2) is 9.59 Å². The summed E-state index contributed by atoms with van der Waals surface area (Å²) >= 11 is 1.05. The lowest BCUT2D eigenvalue weighted by Crippen LogP contribution is -2.55. The summed E-state index contributed by atoms with van der Waals surface area (Å²) in [6, 6.07) is 18.9. The number of carbonyl (C=O) groups excluding carboxylic acids is 5. The molecule has 5 rings (SSSR count). The molecule has 2 aliphatic rings. The Labute approximate surface area is 319 Å². The third-order valence-electron chi connectivity index (χ3n) is 8.78. The first-order chi connectivity index (χ1) is 26.5. The Hall–Kier alpha value is -6.08. The number of amides is 4. The zero-order chi connectivity index (χ0) is 39.3. The Balaban J connectivity index is 1.07. The van der Waals surface area contributed by atoms with Crippen molar-refractivity contribution >= 4 is 52.3 Å². The highest BCUT2D eigenvalue weighted by molar-refractivity contribution is 8.14. The van der Waals surface area contributed by atoms with Crippen LogP contribution < -0.4 is 5.32 Å². The number of ether oxygens (including phenoxy) is 3. The SMILES string of the molecule is O=C(NCCOCC(=O)N1CCN(C(=O)[C@@H]2C[C@H](SC(=O)c3ccccc3)CN2C(=O)OCc2ccc([N+](=O)[O-])cc2)CC1)OCc1ccc([N+](=O)[O-])cc1. The normalized spacial score (nSPS) is 16.6. The maximum atomic E-state index is 13.9. The number of non-ortho nitro benzene ring substituents is 2. The van der Waals surface area contributed by atoms with Gasteiger partial charge in [0.25, 0.3) is 11.4 Å². The molecule has 0 bridgehead atoms. The molecule has 2 aliphatic heterocycles. The third-order valence-corrected chi connectivity index (χ3v) is 9.90. The van der Waals surface area contributed by atoms with Crippen molar-refractivity contribution in [3.8, 4) is 0 Å². The van der Waals surface area contributed by atoms with Gasteiger partial charge in [-0.1, -0.05) is 42.1 Å². The van der Waals surface area contributed by atoms with E-state index in [1.54, 1.807) is 40.1 Å². The molecule has 3 aromatic carbocycles. The summed E-state index contributed by atoms with van der Waals surface area (Å²) in [4.78, 5) is 90.1. The number of piperazine rings is 1. The van der Waals surface area contributed by atoms with Crippen molar-refractivity contribution in [2.24, 2.45) is 0 Å². The van der Waals surface area contributed by atoms with Gasteiger partial charge in [0.05, 0.1) is 16.5 Å². The number of nitro groups is 2. The van der Waals surface area contributed by atoms with Crippen LogP contribution in [0.25, 0.3) is 0 Å². The van der Waals surface area contributed by atoms with Crippen molar-refractivity contribution < 1.29 is 48.0 Å². The number of nitrogens with zero attached hydrogens (tertiary/aromatic N) is 5. The molecule has 290 valence electrons. The lowest BCUT2D eigenvalue weighted by atomic mass is 10.1. The number of rotatable bonds is 14. The van der Waals surface area contributed by atoms with Gasteiger partial charge in [0.2, 0.25) is 16.9 Å². The van der Waals surface area contributed by atoms with E-state index in [1.807, 2.05) is 0 Å². The Bertz CT molecular complexity index is 1860. The standard InChI is InChI=1S/C36H38N6O12S/c43-32(24-52-19-14-37-35(46)53-22-25-6-10-28(11-7-25)41(48)49)38-15-17-39(18-16-38)33(44)31-20-30(55-34(45)27-4-2-1-3-5-27)21-40(31)36(47)54-23-26-8-12-29(13-9-26)42(50)51/h1-13,30-31H,14-24H2,(H,37,46)/t30-,31-/m0/s1. The molecule has 2 saturated heterocycles. The average Bonchev–Trinajstić information content (AvgIpc) is 3.63. The summed E-state index contributed by atoms with van der Waals surface area (Å²) in [6.45, 7) is 0.525. The van der Waals surface area contributed by atoms with E-state index < -0.39 is 28.1 Å².